The normalized spacial score (nSPS) is 11.3. The summed E-state index contributed by atoms with van der Waals surface area (Å²) in [5.74, 6) is -1.43. The van der Waals surface area contributed by atoms with E-state index in [1.54, 1.807) is 19.1 Å². The van der Waals surface area contributed by atoms with Crippen LogP contribution in [0, 0.1) is 5.41 Å². The topological polar surface area (TPSA) is 132 Å². The number of rotatable bonds is 15. The third kappa shape index (κ3) is 8.46. The fourth-order valence-electron chi connectivity index (χ4n) is 2.26. The van der Waals surface area contributed by atoms with E-state index in [-0.39, 0.29) is 57.4 Å². The Kier molecular flexibility index (Phi) is 12.1. The van der Waals surface area contributed by atoms with Gasteiger partial charge < -0.3 is 34.3 Å². The summed E-state index contributed by atoms with van der Waals surface area (Å²) in [6.07, 6.45) is 0.419. The van der Waals surface area contributed by atoms with Crippen molar-refractivity contribution in [2.24, 2.45) is 5.41 Å². The van der Waals surface area contributed by atoms with Crippen LogP contribution in [0.25, 0.3) is 0 Å². The molecule has 0 spiro atoms. The highest BCUT2D eigenvalue weighted by atomic mass is 16.6. The molecule has 1 aromatic carbocycles. The Labute approximate surface area is 170 Å². The molecule has 0 aliphatic carbocycles. The lowest BCUT2D eigenvalue weighted by Crippen LogP contribution is -2.35. The van der Waals surface area contributed by atoms with Gasteiger partial charge in [0.1, 0.15) is 13.2 Å². The van der Waals surface area contributed by atoms with Crippen LogP contribution >= 0.6 is 0 Å². The van der Waals surface area contributed by atoms with Gasteiger partial charge in [0.15, 0.2) is 0 Å². The molecule has 0 saturated carbocycles. The van der Waals surface area contributed by atoms with E-state index in [1.165, 1.54) is 12.1 Å². The third-order valence-corrected chi connectivity index (χ3v) is 4.37. The first-order chi connectivity index (χ1) is 14.0. The van der Waals surface area contributed by atoms with Gasteiger partial charge in [0.05, 0.1) is 62.8 Å². The lowest BCUT2D eigenvalue weighted by Gasteiger charge is -2.27. The van der Waals surface area contributed by atoms with E-state index in [4.69, 9.17) is 24.1 Å². The lowest BCUT2D eigenvalue weighted by molar-refractivity contribution is -0.0179. The maximum Gasteiger partial charge on any atom is 0.339 e. The highest BCUT2D eigenvalue weighted by Gasteiger charge is 2.29. The van der Waals surface area contributed by atoms with Gasteiger partial charge in [-0.25, -0.2) is 9.59 Å². The molecule has 0 radical (unpaired) electrons. The van der Waals surface area contributed by atoms with E-state index in [0.717, 1.165) is 0 Å². The Bertz CT molecular complexity index is 605. The van der Waals surface area contributed by atoms with Crippen molar-refractivity contribution in [1.82, 2.24) is 0 Å². The number of aliphatic hydroxyl groups excluding tert-OH is 3. The van der Waals surface area contributed by atoms with Crippen LogP contribution < -0.4 is 0 Å². The molecular weight excluding hydrogens is 384 g/mol. The van der Waals surface area contributed by atoms with Crippen LogP contribution in [0.5, 0.6) is 0 Å². The van der Waals surface area contributed by atoms with Crippen LogP contribution in [0.1, 0.15) is 34.1 Å². The molecule has 0 fully saturated rings. The minimum Gasteiger partial charge on any atom is -0.461 e. The summed E-state index contributed by atoms with van der Waals surface area (Å²) >= 11 is 0. The van der Waals surface area contributed by atoms with Crippen molar-refractivity contribution in [1.29, 1.82) is 0 Å². The number of hydrogen-bond acceptors (Lipinski definition) is 9. The van der Waals surface area contributed by atoms with Crippen LogP contribution in [0.15, 0.2) is 24.3 Å². The molecule has 0 unspecified atom stereocenters. The number of carbonyl (C=O) groups excluding carboxylic acids is 2. The minimum absolute atomic E-state index is 0.00378. The highest BCUT2D eigenvalue weighted by molar-refractivity contribution is 6.03. The molecule has 0 aromatic heterocycles. The van der Waals surface area contributed by atoms with Crippen LogP contribution in [-0.4, -0.2) is 86.7 Å². The zero-order chi connectivity index (χ0) is 21.5. The van der Waals surface area contributed by atoms with Gasteiger partial charge in [-0.2, -0.15) is 0 Å². The van der Waals surface area contributed by atoms with E-state index >= 15 is 0 Å². The Morgan fingerprint density at radius 1 is 0.828 bits per heavy atom. The predicted octanol–water partition coefficient (Wildman–Crippen LogP) is 0.407. The van der Waals surface area contributed by atoms with Crippen molar-refractivity contribution in [3.8, 4) is 0 Å². The van der Waals surface area contributed by atoms with E-state index in [2.05, 4.69) is 0 Å². The van der Waals surface area contributed by atoms with Crippen molar-refractivity contribution in [2.75, 3.05) is 59.5 Å². The van der Waals surface area contributed by atoms with Crippen LogP contribution in [-0.2, 0) is 18.9 Å². The monoisotopic (exact) mass is 414 g/mol. The molecule has 1 aromatic rings. The van der Waals surface area contributed by atoms with Gasteiger partial charge in [-0.15, -0.1) is 0 Å². The minimum atomic E-state index is -0.927. The summed E-state index contributed by atoms with van der Waals surface area (Å²) in [7, 11) is 0. The summed E-state index contributed by atoms with van der Waals surface area (Å²) < 4.78 is 20.6. The van der Waals surface area contributed by atoms with E-state index < -0.39 is 17.4 Å². The van der Waals surface area contributed by atoms with Gasteiger partial charge in [0.25, 0.3) is 0 Å². The second-order valence-corrected chi connectivity index (χ2v) is 6.38. The number of hydrogen-bond donors (Lipinski definition) is 3. The van der Waals surface area contributed by atoms with Gasteiger partial charge in [-0.1, -0.05) is 19.1 Å². The second-order valence-electron chi connectivity index (χ2n) is 6.38. The Morgan fingerprint density at radius 3 is 1.86 bits per heavy atom. The number of benzene rings is 1. The maximum atomic E-state index is 12.4. The molecule has 1 rings (SSSR count). The Hall–Kier alpha value is -2.04. The van der Waals surface area contributed by atoms with Crippen molar-refractivity contribution in [3.05, 3.63) is 35.4 Å². The molecule has 0 heterocycles. The first kappa shape index (κ1) is 25.0. The van der Waals surface area contributed by atoms with Crippen molar-refractivity contribution in [2.45, 2.75) is 13.3 Å². The fraction of sp³-hybridized carbons (Fsp3) is 0.600. The predicted molar refractivity (Wildman–Crippen MR) is 103 cm³/mol. The van der Waals surface area contributed by atoms with E-state index in [1.807, 2.05) is 0 Å². The van der Waals surface area contributed by atoms with E-state index in [0.29, 0.717) is 19.6 Å². The van der Waals surface area contributed by atoms with Gasteiger partial charge in [0.2, 0.25) is 0 Å². The molecule has 0 bridgehead atoms. The molecule has 29 heavy (non-hydrogen) atoms. The van der Waals surface area contributed by atoms with Gasteiger partial charge in [-0.3, -0.25) is 0 Å². The molecule has 9 heteroatoms. The number of esters is 2. The Balaban J connectivity index is 2.55. The molecule has 0 aliphatic rings. The number of carbonyl (C=O) groups is 2. The van der Waals surface area contributed by atoms with Crippen LogP contribution in [0.4, 0.5) is 0 Å². The smallest absolute Gasteiger partial charge is 0.339 e. The molecule has 0 saturated heterocycles. The standard InChI is InChI=1S/C20H30O9/c1-2-20(13-22,14-23)15-29-19(25)17-6-4-3-5-16(17)18(24)28-12-11-27-10-9-26-8-7-21/h3-6,21-23H,2,7-15H2,1H3. The molecule has 3 N–H and O–H groups in total. The summed E-state index contributed by atoms with van der Waals surface area (Å²) in [6.45, 7) is 1.89. The van der Waals surface area contributed by atoms with Crippen LogP contribution in [0.3, 0.4) is 0 Å². The highest BCUT2D eigenvalue weighted by Crippen LogP contribution is 2.22. The van der Waals surface area contributed by atoms with Crippen LogP contribution in [0.2, 0.25) is 0 Å². The quantitative estimate of drug-likeness (QED) is 0.276. The molecular formula is C20H30O9. The van der Waals surface area contributed by atoms with Gasteiger partial charge in [-0.05, 0) is 18.6 Å². The van der Waals surface area contributed by atoms with E-state index in [9.17, 15) is 19.8 Å². The first-order valence-electron chi connectivity index (χ1n) is 9.45. The molecule has 0 atom stereocenters. The zero-order valence-corrected chi connectivity index (χ0v) is 16.7. The lowest BCUT2D eigenvalue weighted by atomic mass is 9.88. The zero-order valence-electron chi connectivity index (χ0n) is 16.7. The summed E-state index contributed by atoms with van der Waals surface area (Å²) in [5.41, 5.74) is -0.834. The van der Waals surface area contributed by atoms with Crippen molar-refractivity contribution < 1.29 is 43.9 Å². The second kappa shape index (κ2) is 14.0. The number of aliphatic hydroxyl groups is 3. The summed E-state index contributed by atoms with van der Waals surface area (Å²) in [6, 6.07) is 6.08. The van der Waals surface area contributed by atoms with Gasteiger partial charge >= 0.3 is 11.9 Å². The SMILES string of the molecule is CCC(CO)(CO)COC(=O)c1ccccc1C(=O)OCCOCCOCCO. The maximum absolute atomic E-state index is 12.4. The molecule has 164 valence electrons. The van der Waals surface area contributed by atoms with Crippen molar-refractivity contribution in [3.63, 3.8) is 0 Å². The van der Waals surface area contributed by atoms with Gasteiger partial charge in [0, 0.05) is 0 Å². The molecule has 0 amide bonds. The van der Waals surface area contributed by atoms with Crippen molar-refractivity contribution >= 4 is 11.9 Å². The average molecular weight is 414 g/mol. The summed E-state index contributed by atoms with van der Waals surface area (Å²) in [5, 5.41) is 27.5. The molecule has 9 nitrogen and oxygen atoms in total. The average Bonchev–Trinajstić information content (AvgIpc) is 2.76. The largest absolute Gasteiger partial charge is 0.461 e. The summed E-state index contributed by atoms with van der Waals surface area (Å²) in [4.78, 5) is 24.7. The molecule has 0 aliphatic heterocycles. The third-order valence-electron chi connectivity index (χ3n) is 4.37. The number of ether oxygens (including phenoxy) is 4. The fourth-order valence-corrected chi connectivity index (χ4v) is 2.26. The first-order valence-corrected chi connectivity index (χ1v) is 9.45. The Morgan fingerprint density at radius 2 is 1.34 bits per heavy atom.